The number of carbonyl (C=O) groups excluding carboxylic acids is 1. The SMILES string of the molecule is CC1(C)[C@@H]2CC[C@@]1(C(=O)N1CCC[C@H]1CO)c1nnc(-c3c(F)cccc3F)cc12. The molecule has 1 aromatic carbocycles. The largest absolute Gasteiger partial charge is 0.394 e. The third-order valence-corrected chi connectivity index (χ3v) is 7.81. The van der Waals surface area contributed by atoms with Gasteiger partial charge in [0.2, 0.25) is 5.91 Å². The van der Waals surface area contributed by atoms with Gasteiger partial charge < -0.3 is 10.0 Å². The lowest BCUT2D eigenvalue weighted by atomic mass is 9.67. The van der Waals surface area contributed by atoms with Crippen LogP contribution in [0.25, 0.3) is 11.3 Å². The van der Waals surface area contributed by atoms with Gasteiger partial charge in [-0.05, 0) is 60.8 Å². The average Bonchev–Trinajstić information content (AvgIpc) is 3.35. The summed E-state index contributed by atoms with van der Waals surface area (Å²) in [4.78, 5) is 15.7. The first-order valence-electron chi connectivity index (χ1n) is 10.6. The summed E-state index contributed by atoms with van der Waals surface area (Å²) in [6.07, 6.45) is 3.16. The molecule has 1 N–H and O–H groups in total. The number of nitrogens with zero attached hydrogens (tertiary/aromatic N) is 3. The monoisotopic (exact) mass is 413 g/mol. The summed E-state index contributed by atoms with van der Waals surface area (Å²) in [7, 11) is 0. The number of amides is 1. The maximum absolute atomic E-state index is 14.3. The molecule has 5 rings (SSSR count). The molecular formula is C23H25F2N3O2. The normalized spacial score (nSPS) is 28.8. The molecule has 1 saturated carbocycles. The van der Waals surface area contributed by atoms with Crippen LogP contribution in [0.5, 0.6) is 0 Å². The van der Waals surface area contributed by atoms with Crippen molar-refractivity contribution in [3.63, 3.8) is 0 Å². The fourth-order valence-electron chi connectivity index (χ4n) is 6.20. The zero-order valence-corrected chi connectivity index (χ0v) is 17.2. The number of fused-ring (bicyclic) bond motifs is 5. The number of rotatable bonds is 3. The quantitative estimate of drug-likeness (QED) is 0.836. The number of hydrogen-bond donors (Lipinski definition) is 1. The number of aliphatic hydroxyl groups excluding tert-OH is 1. The van der Waals surface area contributed by atoms with Crippen LogP contribution in [0.3, 0.4) is 0 Å². The third-order valence-electron chi connectivity index (χ3n) is 7.81. The summed E-state index contributed by atoms with van der Waals surface area (Å²) in [5.41, 5.74) is 0.267. The van der Waals surface area contributed by atoms with Gasteiger partial charge in [-0.3, -0.25) is 4.79 Å². The van der Waals surface area contributed by atoms with E-state index < -0.39 is 22.5 Å². The van der Waals surface area contributed by atoms with Gasteiger partial charge in [0.25, 0.3) is 0 Å². The minimum atomic E-state index is -0.815. The molecule has 1 aliphatic heterocycles. The number of benzene rings is 1. The molecule has 2 aliphatic carbocycles. The number of carbonyl (C=O) groups is 1. The highest BCUT2D eigenvalue weighted by Crippen LogP contribution is 2.68. The van der Waals surface area contributed by atoms with Crippen molar-refractivity contribution in [2.75, 3.05) is 13.2 Å². The smallest absolute Gasteiger partial charge is 0.235 e. The van der Waals surface area contributed by atoms with E-state index in [9.17, 15) is 18.7 Å². The van der Waals surface area contributed by atoms with Crippen LogP contribution in [0, 0.1) is 17.0 Å². The van der Waals surface area contributed by atoms with E-state index in [4.69, 9.17) is 0 Å². The van der Waals surface area contributed by atoms with Gasteiger partial charge in [-0.25, -0.2) is 8.78 Å². The lowest BCUT2D eigenvalue weighted by Gasteiger charge is -2.40. The molecule has 0 radical (unpaired) electrons. The molecular weight excluding hydrogens is 388 g/mol. The molecule has 30 heavy (non-hydrogen) atoms. The predicted molar refractivity (Wildman–Crippen MR) is 107 cm³/mol. The maximum atomic E-state index is 14.3. The van der Waals surface area contributed by atoms with Crippen LogP contribution in [0.4, 0.5) is 8.78 Å². The van der Waals surface area contributed by atoms with Gasteiger partial charge in [-0.15, -0.1) is 5.10 Å². The first kappa shape index (κ1) is 19.5. The molecule has 1 saturated heterocycles. The number of hydrogen-bond acceptors (Lipinski definition) is 4. The Hall–Kier alpha value is -2.41. The molecule has 7 heteroatoms. The molecule has 0 spiro atoms. The second kappa shape index (κ2) is 6.54. The summed E-state index contributed by atoms with van der Waals surface area (Å²) < 4.78 is 28.7. The average molecular weight is 413 g/mol. The van der Waals surface area contributed by atoms with Gasteiger partial charge in [0, 0.05) is 6.54 Å². The van der Waals surface area contributed by atoms with E-state index in [1.165, 1.54) is 18.2 Å². The standard InChI is InChI=1S/C23H25F2N3O2/c1-22(2)15-8-9-23(22,21(30)28-10-4-5-13(28)12-29)20-14(15)11-18(26-27-20)19-16(24)6-3-7-17(19)25/h3,6-7,11,13,15,29H,4-5,8-10,12H2,1-2H3/t13-,15+,23-/m0/s1. The van der Waals surface area contributed by atoms with Gasteiger partial charge in [0.1, 0.15) is 11.6 Å². The Morgan fingerprint density at radius 1 is 1.23 bits per heavy atom. The van der Waals surface area contributed by atoms with Crippen molar-refractivity contribution < 1.29 is 18.7 Å². The van der Waals surface area contributed by atoms with Gasteiger partial charge in [-0.1, -0.05) is 19.9 Å². The van der Waals surface area contributed by atoms with Crippen molar-refractivity contribution in [2.45, 2.75) is 56.9 Å². The van der Waals surface area contributed by atoms with Crippen molar-refractivity contribution in [2.24, 2.45) is 5.41 Å². The first-order valence-corrected chi connectivity index (χ1v) is 10.6. The minimum Gasteiger partial charge on any atom is -0.394 e. The van der Waals surface area contributed by atoms with Crippen molar-refractivity contribution in [3.05, 3.63) is 47.2 Å². The second-order valence-electron chi connectivity index (χ2n) is 9.33. The van der Waals surface area contributed by atoms with Crippen LogP contribution in [0.2, 0.25) is 0 Å². The third kappa shape index (κ3) is 2.32. The predicted octanol–water partition coefficient (Wildman–Crippen LogP) is 3.56. The fraction of sp³-hybridized carbons (Fsp3) is 0.522. The van der Waals surface area contributed by atoms with Gasteiger partial charge in [0.15, 0.2) is 0 Å². The Balaban J connectivity index is 1.64. The molecule has 3 atom stereocenters. The maximum Gasteiger partial charge on any atom is 0.235 e. The Kier molecular flexibility index (Phi) is 4.26. The Morgan fingerprint density at radius 3 is 2.67 bits per heavy atom. The molecule has 158 valence electrons. The Labute approximate surface area is 174 Å². The molecule has 2 fully saturated rings. The van der Waals surface area contributed by atoms with Crippen molar-refractivity contribution in [3.8, 4) is 11.3 Å². The molecule has 0 unspecified atom stereocenters. The lowest BCUT2D eigenvalue weighted by molar-refractivity contribution is -0.142. The van der Waals surface area contributed by atoms with E-state index in [1.54, 1.807) is 6.07 Å². The fourth-order valence-corrected chi connectivity index (χ4v) is 6.20. The summed E-state index contributed by atoms with van der Waals surface area (Å²) in [6, 6.07) is 5.29. The van der Waals surface area contributed by atoms with Crippen LogP contribution in [-0.4, -0.2) is 45.3 Å². The zero-order valence-electron chi connectivity index (χ0n) is 17.2. The van der Waals surface area contributed by atoms with Gasteiger partial charge in [0.05, 0.1) is 35.0 Å². The van der Waals surface area contributed by atoms with Crippen LogP contribution in [-0.2, 0) is 10.2 Å². The van der Waals surface area contributed by atoms with Crippen LogP contribution < -0.4 is 0 Å². The summed E-state index contributed by atoms with van der Waals surface area (Å²) >= 11 is 0. The molecule has 2 aromatic rings. The molecule has 5 nitrogen and oxygen atoms in total. The summed E-state index contributed by atoms with van der Waals surface area (Å²) in [5.74, 6) is -1.29. The number of likely N-dealkylation sites (tertiary alicyclic amines) is 1. The Morgan fingerprint density at radius 2 is 1.97 bits per heavy atom. The van der Waals surface area contributed by atoms with E-state index in [0.717, 1.165) is 24.8 Å². The van der Waals surface area contributed by atoms with E-state index >= 15 is 0 Å². The zero-order chi connectivity index (χ0) is 21.3. The van der Waals surface area contributed by atoms with Crippen LogP contribution in [0.15, 0.2) is 24.3 Å². The first-order chi connectivity index (χ1) is 14.3. The molecule has 2 heterocycles. The van der Waals surface area contributed by atoms with Crippen molar-refractivity contribution >= 4 is 5.91 Å². The number of halogens is 2. The van der Waals surface area contributed by atoms with Crippen LogP contribution in [0.1, 0.15) is 56.7 Å². The molecule has 1 amide bonds. The second-order valence-corrected chi connectivity index (χ2v) is 9.33. The number of aliphatic hydroxyl groups is 1. The highest BCUT2D eigenvalue weighted by atomic mass is 19.1. The highest BCUT2D eigenvalue weighted by molar-refractivity contribution is 5.92. The van der Waals surface area contributed by atoms with Gasteiger partial charge >= 0.3 is 0 Å². The number of aromatic nitrogens is 2. The summed E-state index contributed by atoms with van der Waals surface area (Å²) in [6.45, 7) is 4.75. The van der Waals surface area contributed by atoms with E-state index in [0.29, 0.717) is 18.7 Å². The molecule has 1 aromatic heterocycles. The van der Waals surface area contributed by atoms with E-state index in [1.807, 2.05) is 4.90 Å². The summed E-state index contributed by atoms with van der Waals surface area (Å²) in [5, 5.41) is 18.3. The minimum absolute atomic E-state index is 0.00409. The highest BCUT2D eigenvalue weighted by Gasteiger charge is 2.68. The topological polar surface area (TPSA) is 66.3 Å². The van der Waals surface area contributed by atoms with E-state index in [2.05, 4.69) is 24.0 Å². The lowest BCUT2D eigenvalue weighted by Crippen LogP contribution is -2.53. The van der Waals surface area contributed by atoms with Crippen LogP contribution >= 0.6 is 0 Å². The van der Waals surface area contributed by atoms with Crippen molar-refractivity contribution in [1.82, 2.24) is 15.1 Å². The van der Waals surface area contributed by atoms with Gasteiger partial charge in [-0.2, -0.15) is 5.10 Å². The van der Waals surface area contributed by atoms with E-state index in [-0.39, 0.29) is 35.7 Å². The molecule has 3 aliphatic rings. The Bertz CT molecular complexity index is 1020. The molecule has 2 bridgehead atoms. The van der Waals surface area contributed by atoms with Crippen molar-refractivity contribution in [1.29, 1.82) is 0 Å².